The highest BCUT2D eigenvalue weighted by Crippen LogP contribution is 2.44. The Morgan fingerprint density at radius 2 is 1.61 bits per heavy atom. The third-order valence-electron chi connectivity index (χ3n) is 8.39. The highest BCUT2D eigenvalue weighted by Gasteiger charge is 2.50. The third kappa shape index (κ3) is 6.80. The zero-order chi connectivity index (χ0) is 32.9. The topological polar surface area (TPSA) is 72.5 Å². The molecule has 46 heavy (non-hydrogen) atoms. The van der Waals surface area contributed by atoms with Gasteiger partial charge in [0.1, 0.15) is 28.9 Å². The van der Waals surface area contributed by atoms with E-state index < -0.39 is 14.3 Å². The van der Waals surface area contributed by atoms with Crippen LogP contribution in [0.3, 0.4) is 0 Å². The zero-order valence-electron chi connectivity index (χ0n) is 28.1. The van der Waals surface area contributed by atoms with Gasteiger partial charge in [-0.25, -0.2) is 4.79 Å². The van der Waals surface area contributed by atoms with Crippen LogP contribution in [0, 0.1) is 0 Å². The second-order valence-electron chi connectivity index (χ2n) is 12.9. The number of carbonyl (C=O) groups excluding carboxylic acids is 1. The molecular formula is C38H46O7Si. The van der Waals surface area contributed by atoms with Crippen LogP contribution in [0.15, 0.2) is 78.9 Å². The molecule has 0 N–H and O–H groups in total. The average molecular weight is 643 g/mol. The van der Waals surface area contributed by atoms with E-state index in [1.165, 1.54) is 10.4 Å². The van der Waals surface area contributed by atoms with Crippen molar-refractivity contribution in [2.45, 2.75) is 71.6 Å². The Balaban J connectivity index is 1.46. The van der Waals surface area contributed by atoms with Crippen LogP contribution in [-0.2, 0) is 20.3 Å². The number of carbonyl (C=O) groups is 1. The van der Waals surface area contributed by atoms with Gasteiger partial charge in [-0.1, -0.05) is 81.4 Å². The molecule has 0 aromatic heterocycles. The van der Waals surface area contributed by atoms with Crippen molar-refractivity contribution in [3.8, 4) is 17.2 Å². The van der Waals surface area contributed by atoms with Crippen LogP contribution in [0.25, 0.3) is 10.8 Å². The molecule has 0 spiro atoms. The van der Waals surface area contributed by atoms with Gasteiger partial charge in [-0.3, -0.25) is 0 Å². The molecule has 1 heterocycles. The van der Waals surface area contributed by atoms with E-state index in [4.69, 9.17) is 28.1 Å². The first-order valence-corrected chi connectivity index (χ1v) is 18.0. The van der Waals surface area contributed by atoms with E-state index in [1.807, 2.05) is 51.1 Å². The number of cyclic esters (lactones) is 1. The van der Waals surface area contributed by atoms with E-state index >= 15 is 0 Å². The maximum Gasteiger partial charge on any atom is 0.342 e. The minimum atomic E-state index is -2.71. The molecule has 0 unspecified atom stereocenters. The van der Waals surface area contributed by atoms with Gasteiger partial charge >= 0.3 is 5.97 Å². The van der Waals surface area contributed by atoms with Crippen LogP contribution in [0.4, 0.5) is 0 Å². The van der Waals surface area contributed by atoms with Crippen LogP contribution in [0.1, 0.15) is 63.9 Å². The van der Waals surface area contributed by atoms with Gasteiger partial charge in [0.15, 0.2) is 6.79 Å². The van der Waals surface area contributed by atoms with Crippen molar-refractivity contribution in [3.05, 3.63) is 90.0 Å². The highest BCUT2D eigenvalue weighted by atomic mass is 28.4. The van der Waals surface area contributed by atoms with E-state index in [-0.39, 0.29) is 24.0 Å². The Labute approximate surface area is 273 Å². The lowest BCUT2D eigenvalue weighted by atomic mass is 9.92. The first kappa shape index (κ1) is 33.5. The normalized spacial score (nSPS) is 15.0. The predicted octanol–water partition coefficient (Wildman–Crippen LogP) is 7.06. The molecule has 8 heteroatoms. The van der Waals surface area contributed by atoms with Gasteiger partial charge < -0.3 is 28.1 Å². The fraction of sp³-hybridized carbons (Fsp3) is 0.395. The molecule has 0 amide bonds. The number of hydrogen-bond donors (Lipinski definition) is 0. The highest BCUT2D eigenvalue weighted by molar-refractivity contribution is 6.99. The lowest BCUT2D eigenvalue weighted by Gasteiger charge is -2.43. The number of hydrogen-bond acceptors (Lipinski definition) is 7. The molecule has 4 aromatic rings. The number of fused-ring (bicyclic) bond motifs is 2. The first-order chi connectivity index (χ1) is 22.1. The number of methoxy groups -OCH3 is 1. The van der Waals surface area contributed by atoms with Gasteiger partial charge in [-0.15, -0.1) is 0 Å². The van der Waals surface area contributed by atoms with Gasteiger partial charge in [0.25, 0.3) is 8.32 Å². The summed E-state index contributed by atoms with van der Waals surface area (Å²) in [6.07, 6.45) is 0.666. The van der Waals surface area contributed by atoms with Crippen LogP contribution in [0.2, 0.25) is 5.04 Å². The number of esters is 1. The van der Waals surface area contributed by atoms with E-state index in [1.54, 1.807) is 7.11 Å². The van der Waals surface area contributed by atoms with Gasteiger partial charge in [0.05, 0.1) is 18.6 Å². The molecule has 0 radical (unpaired) electrons. The molecule has 5 rings (SSSR count). The summed E-state index contributed by atoms with van der Waals surface area (Å²) in [5.41, 5.74) is 1.31. The summed E-state index contributed by atoms with van der Waals surface area (Å²) in [7, 11) is -1.14. The second-order valence-corrected chi connectivity index (χ2v) is 17.2. The van der Waals surface area contributed by atoms with E-state index in [9.17, 15) is 4.79 Å². The Morgan fingerprint density at radius 3 is 2.17 bits per heavy atom. The van der Waals surface area contributed by atoms with Crippen molar-refractivity contribution in [2.75, 3.05) is 27.1 Å². The van der Waals surface area contributed by atoms with Crippen molar-refractivity contribution < 1.29 is 32.9 Å². The summed E-state index contributed by atoms with van der Waals surface area (Å²) < 4.78 is 36.5. The van der Waals surface area contributed by atoms with Gasteiger partial charge in [0, 0.05) is 32.1 Å². The molecule has 4 aromatic carbocycles. The fourth-order valence-corrected chi connectivity index (χ4v) is 11.1. The smallest absolute Gasteiger partial charge is 0.342 e. The number of ether oxygens (including phenoxy) is 5. The summed E-state index contributed by atoms with van der Waals surface area (Å²) in [4.78, 5) is 13.6. The first-order valence-electron chi connectivity index (χ1n) is 16.1. The van der Waals surface area contributed by atoms with Crippen LogP contribution < -0.4 is 24.6 Å². The monoisotopic (exact) mass is 642 g/mol. The molecule has 1 atom stereocenters. The van der Waals surface area contributed by atoms with E-state index in [0.717, 1.165) is 10.9 Å². The third-order valence-corrected chi connectivity index (χ3v) is 13.4. The van der Waals surface area contributed by atoms with Crippen molar-refractivity contribution in [1.82, 2.24) is 0 Å². The van der Waals surface area contributed by atoms with Crippen LogP contribution in [0.5, 0.6) is 17.2 Å². The van der Waals surface area contributed by atoms with Crippen LogP contribution in [-0.4, -0.2) is 53.6 Å². The summed E-state index contributed by atoms with van der Waals surface area (Å²) in [5.74, 6) is 1.24. The summed E-state index contributed by atoms with van der Waals surface area (Å²) in [6, 6.07) is 26.9. The number of rotatable bonds is 13. The van der Waals surface area contributed by atoms with Gasteiger partial charge in [-0.05, 0) is 59.3 Å². The second kappa shape index (κ2) is 14.3. The fourth-order valence-electron chi connectivity index (χ4n) is 6.47. The van der Waals surface area contributed by atoms with Crippen molar-refractivity contribution in [1.29, 1.82) is 0 Å². The standard InChI is InChI=1S/C38H46O7Si/c1-8-41-25-42-30-23-27-21-28-22-29(45-37(39)35(28)36(40-7)34(27)33(24-30)44-26(2)3)19-20-43-46(38(4,5)6,31-15-11-9-12-16-31)32-17-13-10-14-18-32/h9-18,21,23-24,26,29H,8,19-20,22,25H2,1-7H3/t29-/m1/s1. The van der Waals surface area contributed by atoms with Gasteiger partial charge in [-0.2, -0.15) is 0 Å². The molecule has 0 fully saturated rings. The Hall–Kier alpha value is -3.85. The Kier molecular flexibility index (Phi) is 10.4. The van der Waals surface area contributed by atoms with Gasteiger partial charge in [0.2, 0.25) is 0 Å². The average Bonchev–Trinajstić information content (AvgIpc) is 3.02. The number of benzene rings is 4. The maximum atomic E-state index is 13.6. The van der Waals surface area contributed by atoms with Crippen molar-refractivity contribution >= 4 is 35.4 Å². The summed E-state index contributed by atoms with van der Waals surface area (Å²) in [5, 5.41) is 3.87. The van der Waals surface area contributed by atoms with Crippen molar-refractivity contribution in [2.24, 2.45) is 0 Å². The quantitative estimate of drug-likeness (QED) is 0.0670. The largest absolute Gasteiger partial charge is 0.495 e. The maximum absolute atomic E-state index is 13.6. The molecule has 1 aliphatic rings. The summed E-state index contributed by atoms with van der Waals surface area (Å²) >= 11 is 0. The van der Waals surface area contributed by atoms with E-state index in [2.05, 4.69) is 69.3 Å². The molecule has 7 nitrogen and oxygen atoms in total. The van der Waals surface area contributed by atoms with Crippen molar-refractivity contribution in [3.63, 3.8) is 0 Å². The lowest BCUT2D eigenvalue weighted by molar-refractivity contribution is 0.0199. The molecule has 0 saturated heterocycles. The molecule has 0 aliphatic carbocycles. The zero-order valence-corrected chi connectivity index (χ0v) is 29.1. The molecule has 1 aliphatic heterocycles. The lowest BCUT2D eigenvalue weighted by Crippen LogP contribution is -2.66. The predicted molar refractivity (Wildman–Crippen MR) is 184 cm³/mol. The minimum absolute atomic E-state index is 0.0991. The Bertz CT molecular complexity index is 1590. The Morgan fingerprint density at radius 1 is 0.957 bits per heavy atom. The van der Waals surface area contributed by atoms with Crippen LogP contribution >= 0.6 is 0 Å². The SMILES string of the molecule is CCOCOc1cc(OC(C)C)c2c(OC)c3c(cc2c1)C[C@@H](CCO[Si](c1ccccc1)(c1ccccc1)C(C)(C)C)OC3=O. The molecule has 0 bridgehead atoms. The molecule has 244 valence electrons. The summed E-state index contributed by atoms with van der Waals surface area (Å²) in [6.45, 7) is 13.7. The molecular weight excluding hydrogens is 596 g/mol. The molecule has 0 saturated carbocycles. The minimum Gasteiger partial charge on any atom is -0.495 e. The van der Waals surface area contributed by atoms with E-state index in [0.29, 0.717) is 54.3 Å².